The van der Waals surface area contributed by atoms with Crippen LogP contribution in [0, 0.1) is 55.8 Å². The fraction of sp³-hybridized carbons (Fsp3) is 0.608. The molecule has 0 spiro atoms. The van der Waals surface area contributed by atoms with Crippen LogP contribution in [0.25, 0.3) is 6.08 Å². The SMILES string of the molecule is C=C(C#N)C(O)C(C)(C)C.C=C(C#N)C(O)CC(C)(C)C.C=C(C(=O)OCC)C(O)C(C)(C)C.C=C(COC(C)C)C(=O)OCC.C=CC(=O)OC(C=C)C(C)(C)C.C=Cc1nccn1CC(C)(C)C.CC(C)(C)c1cnc(F)nc1.CCOC(=O)/C=C/COC(C)(C)C. The van der Waals surface area contributed by atoms with Crippen molar-refractivity contribution in [3.05, 3.63) is 135 Å². The minimum absolute atomic E-state index is 0.00625. The van der Waals surface area contributed by atoms with Crippen molar-refractivity contribution in [1.82, 2.24) is 19.5 Å². The van der Waals surface area contributed by atoms with Crippen LogP contribution >= 0.6 is 0 Å². The normalized spacial score (nSPS) is 12.4. The lowest BCUT2D eigenvalue weighted by atomic mass is 9.85. The quantitative estimate of drug-likeness (QED) is 0.0277. The number of halogens is 1. The summed E-state index contributed by atoms with van der Waals surface area (Å²) in [5.74, 6) is -0.678. The molecule has 0 fully saturated rings. The van der Waals surface area contributed by atoms with Crippen molar-refractivity contribution in [1.29, 1.82) is 10.5 Å². The number of rotatable bonds is 20. The number of imidazole rings is 1. The van der Waals surface area contributed by atoms with Gasteiger partial charge < -0.3 is 48.3 Å². The van der Waals surface area contributed by atoms with Crippen molar-refractivity contribution in [2.24, 2.45) is 27.1 Å². The minimum atomic E-state index is -0.855. The summed E-state index contributed by atoms with van der Waals surface area (Å²) >= 11 is 0. The van der Waals surface area contributed by atoms with Gasteiger partial charge in [-0.3, -0.25) is 0 Å². The Kier molecular flexibility index (Phi) is 50.5. The molecular formula is C74H123FN6O13. The van der Waals surface area contributed by atoms with Crippen molar-refractivity contribution in [2.45, 2.75) is 235 Å². The summed E-state index contributed by atoms with van der Waals surface area (Å²) in [4.78, 5) is 54.8. The molecule has 0 aromatic carbocycles. The van der Waals surface area contributed by atoms with E-state index in [1.165, 1.54) is 18.5 Å². The summed E-state index contributed by atoms with van der Waals surface area (Å²) in [5.41, 5.74) is 1.28. The highest BCUT2D eigenvalue weighted by molar-refractivity contribution is 5.89. The number of hydrogen-bond acceptors (Lipinski definition) is 18. The summed E-state index contributed by atoms with van der Waals surface area (Å²) in [6.45, 7) is 78.1. The molecule has 0 amide bonds. The van der Waals surface area contributed by atoms with Crippen molar-refractivity contribution < 1.29 is 67.3 Å². The number of carbonyl (C=O) groups is 4. The molecule has 4 unspecified atom stereocenters. The largest absolute Gasteiger partial charge is 0.463 e. The molecule has 2 rings (SSSR count). The Morgan fingerprint density at radius 2 is 1.13 bits per heavy atom. The van der Waals surface area contributed by atoms with Gasteiger partial charge in [0.15, 0.2) is 0 Å². The Balaban J connectivity index is -0.000000236. The average Bonchev–Trinajstić information content (AvgIpc) is 1.18. The van der Waals surface area contributed by atoms with Crippen molar-refractivity contribution in [3.63, 3.8) is 0 Å². The van der Waals surface area contributed by atoms with Gasteiger partial charge in [-0.2, -0.15) is 14.9 Å². The third-order valence-electron chi connectivity index (χ3n) is 11.2. The Labute approximate surface area is 566 Å². The Bertz CT molecular complexity index is 2700. The molecule has 0 aliphatic rings. The van der Waals surface area contributed by atoms with E-state index in [2.05, 4.69) is 86.3 Å². The van der Waals surface area contributed by atoms with Crippen LogP contribution in [-0.4, -0.2) is 128 Å². The number of ether oxygens (including phenoxy) is 6. The number of nitriles is 2. The zero-order chi connectivity index (χ0) is 75.4. The van der Waals surface area contributed by atoms with Crippen molar-refractivity contribution in [3.8, 4) is 12.1 Å². The first-order valence-electron chi connectivity index (χ1n) is 31.1. The molecule has 20 heteroatoms. The number of aliphatic hydroxyl groups is 3. The smallest absolute Gasteiger partial charge is 0.336 e. The predicted molar refractivity (Wildman–Crippen MR) is 377 cm³/mol. The average molecular weight is 1320 g/mol. The summed E-state index contributed by atoms with van der Waals surface area (Å²) in [5, 5.41) is 45.1. The van der Waals surface area contributed by atoms with Crippen LogP contribution in [0.1, 0.15) is 198 Å². The van der Waals surface area contributed by atoms with E-state index in [9.17, 15) is 38.9 Å². The maximum absolute atomic E-state index is 12.3. The van der Waals surface area contributed by atoms with E-state index in [1.54, 1.807) is 39.0 Å². The topological polar surface area (TPSA) is 276 Å². The van der Waals surface area contributed by atoms with Gasteiger partial charge >= 0.3 is 30.0 Å². The van der Waals surface area contributed by atoms with Crippen LogP contribution in [0.4, 0.5) is 4.39 Å². The highest BCUT2D eigenvalue weighted by Crippen LogP contribution is 2.27. The number of carbonyl (C=O) groups excluding carboxylic acids is 4. The molecule has 0 saturated heterocycles. The Hall–Kier alpha value is -7.20. The maximum atomic E-state index is 12.3. The van der Waals surface area contributed by atoms with Crippen LogP contribution in [0.2, 0.25) is 0 Å². The molecule has 0 aliphatic carbocycles. The molecule has 2 heterocycles. The predicted octanol–water partition coefficient (Wildman–Crippen LogP) is 15.1. The molecule has 0 bridgehead atoms. The molecule has 0 aliphatic heterocycles. The number of aromatic nitrogens is 4. The second-order valence-electron chi connectivity index (χ2n) is 28.9. The van der Waals surface area contributed by atoms with Gasteiger partial charge in [0.25, 0.3) is 0 Å². The summed E-state index contributed by atoms with van der Waals surface area (Å²) in [7, 11) is 0. The molecule has 2 aromatic rings. The highest BCUT2D eigenvalue weighted by atomic mass is 19.1. The minimum Gasteiger partial charge on any atom is -0.463 e. The standard InChI is InChI=1S/C10H16N2.2C10H18O3.C10H16O2.C9H15NO.C9H16O3.C8H11FN2.C8H13NO/c1-5-9-11-6-7-12(9)8-10(2,3)4;1-6-13-9(12)7(2)8(11)10(3,4)5;1-5-12-9(11)7-6-8-13-10(2,3)4;1-6-8(10(3,4)5)12-9(11)7-2;1-7(6-10)8(11)5-9(2,3)4;1-5-11-9(10)8(4)6-12-7(2)3;1-8(2,3)6-4-10-7(9)11-5-6;1-6(5-9)7(10)8(2,3)4/h5-7H,1,8H2,2-4H3;8,11H,2,6H2,1,3-5H3;6-7H,5,8H2,1-4H3;6-8H,1-2H2,3-5H3;8,11H,1,5H2,2-4H3;7H,4-6H2,1-3H3;4-5H,1-3H3;7,10H,1H2,2-4H3/b;;7-6+;;;;;. The lowest BCUT2D eigenvalue weighted by Crippen LogP contribution is -2.31. The molecule has 2 aromatic heterocycles. The second kappa shape index (κ2) is 48.5. The van der Waals surface area contributed by atoms with Gasteiger partial charge in [0.2, 0.25) is 0 Å². The van der Waals surface area contributed by atoms with Crippen LogP contribution in [0.5, 0.6) is 0 Å². The zero-order valence-electron chi connectivity index (χ0n) is 62.5. The van der Waals surface area contributed by atoms with Gasteiger partial charge in [-0.25, -0.2) is 34.1 Å². The maximum Gasteiger partial charge on any atom is 0.336 e. The summed E-state index contributed by atoms with van der Waals surface area (Å²) in [6, 6.07) is 3.67. The molecule has 3 N–H and O–H groups in total. The third-order valence-corrected chi connectivity index (χ3v) is 11.2. The first kappa shape index (κ1) is 97.9. The van der Waals surface area contributed by atoms with Gasteiger partial charge in [0.05, 0.1) is 97.5 Å². The summed E-state index contributed by atoms with van der Waals surface area (Å²) < 4.78 is 44.1. The second-order valence-corrected chi connectivity index (χ2v) is 28.9. The molecule has 4 atom stereocenters. The van der Waals surface area contributed by atoms with Gasteiger partial charge in [0, 0.05) is 48.9 Å². The van der Waals surface area contributed by atoms with Crippen LogP contribution in [0.3, 0.4) is 0 Å². The van der Waals surface area contributed by atoms with Crippen molar-refractivity contribution in [2.75, 3.05) is 33.0 Å². The van der Waals surface area contributed by atoms with Gasteiger partial charge in [-0.15, -0.1) is 0 Å². The molecular weight excluding hydrogens is 1200 g/mol. The molecule has 0 saturated carbocycles. The van der Waals surface area contributed by atoms with E-state index < -0.39 is 36.3 Å². The van der Waals surface area contributed by atoms with E-state index in [-0.39, 0.29) is 80.1 Å². The zero-order valence-corrected chi connectivity index (χ0v) is 62.5. The van der Waals surface area contributed by atoms with Gasteiger partial charge in [-0.05, 0) is 101 Å². The van der Waals surface area contributed by atoms with E-state index in [1.807, 2.05) is 163 Å². The lowest BCUT2D eigenvalue weighted by molar-refractivity contribution is -0.145. The monoisotopic (exact) mass is 1320 g/mol. The van der Waals surface area contributed by atoms with Crippen molar-refractivity contribution >= 4 is 30.0 Å². The number of aliphatic hydroxyl groups excluding tert-OH is 3. The molecule has 19 nitrogen and oxygen atoms in total. The Morgan fingerprint density at radius 1 is 0.660 bits per heavy atom. The molecule has 94 heavy (non-hydrogen) atoms. The van der Waals surface area contributed by atoms with E-state index >= 15 is 0 Å². The van der Waals surface area contributed by atoms with Gasteiger partial charge in [-0.1, -0.05) is 183 Å². The molecule has 534 valence electrons. The van der Waals surface area contributed by atoms with E-state index in [4.69, 9.17) is 38.9 Å². The number of nitrogens with zero attached hydrogens (tertiary/aromatic N) is 6. The number of hydrogen-bond donors (Lipinski definition) is 3. The fourth-order valence-corrected chi connectivity index (χ4v) is 6.02. The first-order chi connectivity index (χ1) is 42.5. The third kappa shape index (κ3) is 56.4. The number of esters is 4. The Morgan fingerprint density at radius 3 is 1.47 bits per heavy atom. The summed E-state index contributed by atoms with van der Waals surface area (Å²) in [6.07, 6.45) is 11.9. The van der Waals surface area contributed by atoms with Gasteiger partial charge in [0.1, 0.15) is 11.9 Å². The lowest BCUT2D eigenvalue weighted by Gasteiger charge is -2.26. The van der Waals surface area contributed by atoms with Crippen LogP contribution in [0.15, 0.2) is 117 Å². The molecule has 0 radical (unpaired) electrons. The van der Waals surface area contributed by atoms with E-state index in [0.29, 0.717) is 43.8 Å². The van der Waals surface area contributed by atoms with Crippen LogP contribution in [-0.2, 0) is 59.6 Å². The fourth-order valence-electron chi connectivity index (χ4n) is 6.02. The van der Waals surface area contributed by atoms with E-state index in [0.717, 1.165) is 24.0 Å². The van der Waals surface area contributed by atoms with Crippen LogP contribution < -0.4 is 0 Å². The first-order valence-corrected chi connectivity index (χ1v) is 31.1. The highest BCUT2D eigenvalue weighted by Gasteiger charge is 2.29.